The van der Waals surface area contributed by atoms with Crippen molar-refractivity contribution in [3.05, 3.63) is 34.3 Å². The van der Waals surface area contributed by atoms with Crippen molar-refractivity contribution in [3.8, 4) is 10.9 Å². The number of aliphatic hydroxyl groups is 1. The lowest BCUT2D eigenvalue weighted by molar-refractivity contribution is 0.280. The molecule has 0 saturated heterocycles. The monoisotopic (exact) mass is 248 g/mol. The first-order chi connectivity index (χ1) is 8.35. The quantitative estimate of drug-likeness (QED) is 0.905. The molecule has 4 nitrogen and oxygen atoms in total. The first-order valence-electron chi connectivity index (χ1n) is 5.58. The van der Waals surface area contributed by atoms with Gasteiger partial charge in [0.25, 0.3) is 5.19 Å². The molecule has 3 rings (SSSR count). The Balaban J connectivity index is 1.80. The summed E-state index contributed by atoms with van der Waals surface area (Å²) in [5.74, 6) is 0.797. The molecule has 1 N–H and O–H groups in total. The van der Waals surface area contributed by atoms with Gasteiger partial charge in [0.05, 0.1) is 6.61 Å². The van der Waals surface area contributed by atoms with Gasteiger partial charge in [-0.3, -0.25) is 0 Å². The van der Waals surface area contributed by atoms with Crippen LogP contribution in [0.3, 0.4) is 0 Å². The molecule has 0 aliphatic heterocycles. The van der Waals surface area contributed by atoms with Crippen molar-refractivity contribution >= 4 is 11.3 Å². The number of aryl methyl sites for hydroxylation is 2. The van der Waals surface area contributed by atoms with Crippen LogP contribution < -0.4 is 4.74 Å². The Morgan fingerprint density at radius 1 is 1.24 bits per heavy atom. The summed E-state index contributed by atoms with van der Waals surface area (Å²) in [6.07, 6.45) is 3.53. The second-order valence-electron chi connectivity index (χ2n) is 4.01. The van der Waals surface area contributed by atoms with Crippen LogP contribution in [0.4, 0.5) is 0 Å². The summed E-state index contributed by atoms with van der Waals surface area (Å²) < 4.78 is 5.62. The van der Waals surface area contributed by atoms with Gasteiger partial charge in [0, 0.05) is 0 Å². The van der Waals surface area contributed by atoms with Crippen LogP contribution in [0.5, 0.6) is 10.9 Å². The van der Waals surface area contributed by atoms with Gasteiger partial charge in [-0.05, 0) is 42.5 Å². The number of benzene rings is 1. The lowest BCUT2D eigenvalue weighted by atomic mass is 10.1. The second-order valence-corrected chi connectivity index (χ2v) is 5.03. The lowest BCUT2D eigenvalue weighted by Gasteiger charge is -2.03. The fourth-order valence-corrected chi connectivity index (χ4v) is 2.62. The van der Waals surface area contributed by atoms with E-state index in [2.05, 4.69) is 22.3 Å². The molecule has 1 aromatic heterocycles. The van der Waals surface area contributed by atoms with Crippen LogP contribution in [0.1, 0.15) is 22.6 Å². The Labute approximate surface area is 103 Å². The average Bonchev–Trinajstić information content (AvgIpc) is 2.96. The molecule has 0 spiro atoms. The average molecular weight is 248 g/mol. The molecule has 0 radical (unpaired) electrons. The topological polar surface area (TPSA) is 55.2 Å². The second kappa shape index (κ2) is 4.43. The minimum atomic E-state index is -0.0920. The highest BCUT2D eigenvalue weighted by Gasteiger charge is 2.12. The van der Waals surface area contributed by atoms with Crippen LogP contribution in [-0.4, -0.2) is 15.3 Å². The number of rotatable bonds is 3. The summed E-state index contributed by atoms with van der Waals surface area (Å²) in [4.78, 5) is 0. The maximum Gasteiger partial charge on any atom is 0.299 e. The van der Waals surface area contributed by atoms with E-state index < -0.39 is 0 Å². The van der Waals surface area contributed by atoms with Gasteiger partial charge in [0.15, 0.2) is 0 Å². The van der Waals surface area contributed by atoms with Crippen molar-refractivity contribution < 1.29 is 9.84 Å². The van der Waals surface area contributed by atoms with Gasteiger partial charge in [-0.1, -0.05) is 22.5 Å². The Morgan fingerprint density at radius 2 is 2.12 bits per heavy atom. The van der Waals surface area contributed by atoms with Gasteiger partial charge < -0.3 is 9.84 Å². The molecule has 0 saturated carbocycles. The maximum absolute atomic E-state index is 8.90. The van der Waals surface area contributed by atoms with Crippen LogP contribution in [-0.2, 0) is 19.4 Å². The van der Waals surface area contributed by atoms with Crippen LogP contribution >= 0.6 is 11.3 Å². The number of aromatic nitrogens is 2. The predicted molar refractivity (Wildman–Crippen MR) is 64.4 cm³/mol. The smallest absolute Gasteiger partial charge is 0.299 e. The Hall–Kier alpha value is -1.46. The number of hydrogen-bond acceptors (Lipinski definition) is 5. The van der Waals surface area contributed by atoms with Crippen molar-refractivity contribution in [1.29, 1.82) is 0 Å². The Bertz CT molecular complexity index is 539. The fourth-order valence-electron chi connectivity index (χ4n) is 2.06. The molecule has 2 aromatic rings. The molecule has 1 aromatic carbocycles. The van der Waals surface area contributed by atoms with Crippen LogP contribution in [0.25, 0.3) is 0 Å². The van der Waals surface area contributed by atoms with Crippen molar-refractivity contribution in [1.82, 2.24) is 10.2 Å². The third-order valence-electron chi connectivity index (χ3n) is 2.86. The van der Waals surface area contributed by atoms with Crippen LogP contribution in [0.2, 0.25) is 0 Å². The van der Waals surface area contributed by atoms with E-state index in [0.717, 1.165) is 12.2 Å². The maximum atomic E-state index is 8.90. The molecule has 5 heteroatoms. The molecule has 1 aliphatic rings. The molecule has 0 fully saturated rings. The van der Waals surface area contributed by atoms with Crippen LogP contribution in [0.15, 0.2) is 18.2 Å². The molecule has 0 unspecified atom stereocenters. The van der Waals surface area contributed by atoms with E-state index in [9.17, 15) is 0 Å². The number of nitrogens with zero attached hydrogens (tertiary/aromatic N) is 2. The Kier molecular flexibility index (Phi) is 2.78. The zero-order valence-electron chi connectivity index (χ0n) is 9.22. The SMILES string of the molecule is OCc1nnc(Oc2ccc3c(c2)CCC3)s1. The highest BCUT2D eigenvalue weighted by molar-refractivity contribution is 7.13. The lowest BCUT2D eigenvalue weighted by Crippen LogP contribution is -1.87. The van der Waals surface area contributed by atoms with Crippen molar-refractivity contribution in [3.63, 3.8) is 0 Å². The number of fused-ring (bicyclic) bond motifs is 1. The molecule has 1 aliphatic carbocycles. The zero-order valence-corrected chi connectivity index (χ0v) is 10.0. The summed E-state index contributed by atoms with van der Waals surface area (Å²) >= 11 is 1.27. The molecule has 88 valence electrons. The van der Waals surface area contributed by atoms with Gasteiger partial charge in [-0.25, -0.2) is 0 Å². The van der Waals surface area contributed by atoms with Gasteiger partial charge >= 0.3 is 0 Å². The zero-order chi connectivity index (χ0) is 11.7. The number of hydrogen-bond donors (Lipinski definition) is 1. The summed E-state index contributed by atoms with van der Waals surface area (Å²) in [5.41, 5.74) is 2.79. The van der Waals surface area contributed by atoms with E-state index in [4.69, 9.17) is 9.84 Å². The summed E-state index contributed by atoms with van der Waals surface area (Å²) in [5, 5.41) is 17.6. The standard InChI is InChI=1S/C12H12N2O2S/c15-7-11-13-14-12(17-11)16-10-5-4-8-2-1-3-9(8)6-10/h4-6,15H,1-3,7H2. The van der Waals surface area contributed by atoms with Crippen LogP contribution in [0, 0.1) is 0 Å². The molecular weight excluding hydrogens is 236 g/mol. The molecule has 0 bridgehead atoms. The minimum Gasteiger partial charge on any atom is -0.430 e. The summed E-state index contributed by atoms with van der Waals surface area (Å²) in [7, 11) is 0. The molecule has 1 heterocycles. The largest absolute Gasteiger partial charge is 0.430 e. The highest BCUT2D eigenvalue weighted by atomic mass is 32.1. The molecule has 0 amide bonds. The van der Waals surface area contributed by atoms with E-state index in [0.29, 0.717) is 10.2 Å². The van der Waals surface area contributed by atoms with Gasteiger partial charge in [0.2, 0.25) is 0 Å². The highest BCUT2D eigenvalue weighted by Crippen LogP contribution is 2.30. The van der Waals surface area contributed by atoms with Crippen molar-refractivity contribution in [2.24, 2.45) is 0 Å². The third kappa shape index (κ3) is 2.16. The molecule has 0 atom stereocenters. The Morgan fingerprint density at radius 3 is 2.94 bits per heavy atom. The first kappa shape index (κ1) is 10.7. The normalized spacial score (nSPS) is 13.7. The number of ether oxygens (including phenoxy) is 1. The van der Waals surface area contributed by atoms with Gasteiger partial charge in [-0.15, -0.1) is 5.10 Å². The predicted octanol–water partition coefficient (Wildman–Crippen LogP) is 2.31. The number of aliphatic hydroxyl groups excluding tert-OH is 1. The minimum absolute atomic E-state index is 0.0920. The van der Waals surface area contributed by atoms with Gasteiger partial charge in [0.1, 0.15) is 10.8 Å². The fraction of sp³-hybridized carbons (Fsp3) is 0.333. The first-order valence-corrected chi connectivity index (χ1v) is 6.40. The third-order valence-corrected chi connectivity index (χ3v) is 3.64. The van der Waals surface area contributed by atoms with E-state index in [1.54, 1.807) is 0 Å². The summed E-state index contributed by atoms with van der Waals surface area (Å²) in [6, 6.07) is 6.15. The van der Waals surface area contributed by atoms with Crippen molar-refractivity contribution in [2.75, 3.05) is 0 Å². The summed E-state index contributed by atoms with van der Waals surface area (Å²) in [6.45, 7) is -0.0920. The van der Waals surface area contributed by atoms with Gasteiger partial charge in [-0.2, -0.15) is 0 Å². The van der Waals surface area contributed by atoms with E-state index >= 15 is 0 Å². The van der Waals surface area contributed by atoms with E-state index in [-0.39, 0.29) is 6.61 Å². The van der Waals surface area contributed by atoms with E-state index in [1.165, 1.54) is 35.3 Å². The van der Waals surface area contributed by atoms with Crippen molar-refractivity contribution in [2.45, 2.75) is 25.9 Å². The molecule has 17 heavy (non-hydrogen) atoms. The van der Waals surface area contributed by atoms with E-state index in [1.807, 2.05) is 6.07 Å². The molecular formula is C12H12N2O2S.